The maximum atomic E-state index is 11.0. The van der Waals surface area contributed by atoms with Crippen LogP contribution in [0.5, 0.6) is 5.75 Å². The van der Waals surface area contributed by atoms with E-state index in [0.717, 1.165) is 11.3 Å². The van der Waals surface area contributed by atoms with Gasteiger partial charge < -0.3 is 9.53 Å². The lowest BCUT2D eigenvalue weighted by atomic mass is 9.96. The summed E-state index contributed by atoms with van der Waals surface area (Å²) in [7, 11) is 0. The first-order chi connectivity index (χ1) is 6.66. The van der Waals surface area contributed by atoms with Gasteiger partial charge in [-0.3, -0.25) is 0 Å². The van der Waals surface area contributed by atoms with Crippen LogP contribution in [-0.2, 0) is 4.79 Å². The molecule has 1 heterocycles. The van der Waals surface area contributed by atoms with Crippen molar-refractivity contribution in [3.05, 3.63) is 28.8 Å². The number of carbonyl (C=O) groups is 1. The highest BCUT2D eigenvalue weighted by Gasteiger charge is 2.25. The standard InChI is InChI=1S/C11H11ClO2/c1-7(13)4-8-6-14-11-3-2-9(12)5-10(8)11/h2-3,5,8H,4,6H2,1H3. The number of fused-ring (bicyclic) bond motifs is 1. The predicted octanol–water partition coefficient (Wildman–Crippen LogP) is 2.80. The van der Waals surface area contributed by atoms with Crippen molar-refractivity contribution >= 4 is 17.4 Å². The molecule has 0 fully saturated rings. The van der Waals surface area contributed by atoms with Gasteiger partial charge >= 0.3 is 0 Å². The molecule has 14 heavy (non-hydrogen) atoms. The Morgan fingerprint density at radius 3 is 3.14 bits per heavy atom. The molecule has 2 rings (SSSR count). The van der Waals surface area contributed by atoms with Crippen LogP contribution in [0.1, 0.15) is 24.8 Å². The highest BCUT2D eigenvalue weighted by Crippen LogP contribution is 2.37. The third-order valence-electron chi connectivity index (χ3n) is 2.39. The van der Waals surface area contributed by atoms with Crippen molar-refractivity contribution < 1.29 is 9.53 Å². The van der Waals surface area contributed by atoms with Crippen molar-refractivity contribution in [2.24, 2.45) is 0 Å². The molecule has 2 nitrogen and oxygen atoms in total. The van der Waals surface area contributed by atoms with E-state index in [2.05, 4.69) is 0 Å². The molecule has 3 heteroatoms. The van der Waals surface area contributed by atoms with Gasteiger partial charge in [-0.05, 0) is 25.1 Å². The third-order valence-corrected chi connectivity index (χ3v) is 2.62. The smallest absolute Gasteiger partial charge is 0.130 e. The molecular formula is C11H11ClO2. The van der Waals surface area contributed by atoms with Crippen LogP contribution in [0.3, 0.4) is 0 Å². The molecule has 1 aliphatic rings. The molecule has 0 saturated heterocycles. The SMILES string of the molecule is CC(=O)CC1COc2ccc(Cl)cc21. The summed E-state index contributed by atoms with van der Waals surface area (Å²) in [5, 5.41) is 0.697. The van der Waals surface area contributed by atoms with E-state index >= 15 is 0 Å². The number of halogens is 1. The molecule has 0 aliphatic carbocycles. The van der Waals surface area contributed by atoms with Crippen LogP contribution in [-0.4, -0.2) is 12.4 Å². The first-order valence-electron chi connectivity index (χ1n) is 4.58. The summed E-state index contributed by atoms with van der Waals surface area (Å²) in [5.41, 5.74) is 1.06. The maximum absolute atomic E-state index is 11.0. The average Bonchev–Trinajstić information content (AvgIpc) is 2.47. The van der Waals surface area contributed by atoms with Gasteiger partial charge in [0, 0.05) is 22.9 Å². The van der Waals surface area contributed by atoms with Crippen molar-refractivity contribution in [1.29, 1.82) is 0 Å². The molecule has 0 radical (unpaired) electrons. The maximum Gasteiger partial charge on any atom is 0.130 e. The molecule has 1 aromatic rings. The summed E-state index contributed by atoms with van der Waals surface area (Å²) in [6.07, 6.45) is 0.535. The van der Waals surface area contributed by atoms with E-state index in [1.54, 1.807) is 13.0 Å². The van der Waals surface area contributed by atoms with Gasteiger partial charge in [-0.15, -0.1) is 0 Å². The van der Waals surface area contributed by atoms with Crippen LogP contribution in [0.15, 0.2) is 18.2 Å². The molecular weight excluding hydrogens is 200 g/mol. The third kappa shape index (κ3) is 1.75. The minimum Gasteiger partial charge on any atom is -0.493 e. The Kier molecular flexibility index (Phi) is 2.46. The van der Waals surface area contributed by atoms with Crippen LogP contribution >= 0.6 is 11.6 Å². The fourth-order valence-corrected chi connectivity index (χ4v) is 1.95. The summed E-state index contributed by atoms with van der Waals surface area (Å²) >= 11 is 5.88. The highest BCUT2D eigenvalue weighted by atomic mass is 35.5. The van der Waals surface area contributed by atoms with E-state index in [9.17, 15) is 4.79 Å². The van der Waals surface area contributed by atoms with Gasteiger partial charge in [0.1, 0.15) is 11.5 Å². The topological polar surface area (TPSA) is 26.3 Å². The van der Waals surface area contributed by atoms with Crippen molar-refractivity contribution in [2.75, 3.05) is 6.61 Å². The Morgan fingerprint density at radius 1 is 1.64 bits per heavy atom. The molecule has 0 amide bonds. The second-order valence-corrected chi connectivity index (χ2v) is 4.03. The number of carbonyl (C=O) groups excluding carboxylic acids is 1. The number of hydrogen-bond donors (Lipinski definition) is 0. The number of rotatable bonds is 2. The zero-order valence-corrected chi connectivity index (χ0v) is 8.67. The monoisotopic (exact) mass is 210 g/mol. The van der Waals surface area contributed by atoms with Crippen LogP contribution in [0.2, 0.25) is 5.02 Å². The largest absolute Gasteiger partial charge is 0.493 e. The van der Waals surface area contributed by atoms with Crippen LogP contribution in [0.25, 0.3) is 0 Å². The highest BCUT2D eigenvalue weighted by molar-refractivity contribution is 6.30. The quantitative estimate of drug-likeness (QED) is 0.751. The lowest BCUT2D eigenvalue weighted by molar-refractivity contribution is -0.117. The van der Waals surface area contributed by atoms with Gasteiger partial charge in [-0.25, -0.2) is 0 Å². The second kappa shape index (κ2) is 3.62. The summed E-state index contributed by atoms with van der Waals surface area (Å²) < 4.78 is 5.46. The Hall–Kier alpha value is -1.02. The van der Waals surface area contributed by atoms with Crippen molar-refractivity contribution in [3.63, 3.8) is 0 Å². The fraction of sp³-hybridized carbons (Fsp3) is 0.364. The van der Waals surface area contributed by atoms with E-state index in [1.807, 2.05) is 12.1 Å². The molecule has 1 atom stereocenters. The number of Topliss-reactive ketones (excluding diaryl/α,β-unsaturated/α-hetero) is 1. The molecule has 74 valence electrons. The number of ether oxygens (including phenoxy) is 1. The molecule has 1 aromatic carbocycles. The van der Waals surface area contributed by atoms with Crippen LogP contribution in [0, 0.1) is 0 Å². The molecule has 0 saturated carbocycles. The lowest BCUT2D eigenvalue weighted by Crippen LogP contribution is -2.05. The molecule has 1 unspecified atom stereocenters. The summed E-state index contributed by atoms with van der Waals surface area (Å²) in [4.78, 5) is 11.0. The van der Waals surface area contributed by atoms with Gasteiger partial charge in [-0.2, -0.15) is 0 Å². The number of ketones is 1. The van der Waals surface area contributed by atoms with Gasteiger partial charge in [-0.1, -0.05) is 11.6 Å². The molecule has 0 spiro atoms. The predicted molar refractivity (Wildman–Crippen MR) is 55.0 cm³/mol. The van der Waals surface area contributed by atoms with Gasteiger partial charge in [0.2, 0.25) is 0 Å². The van der Waals surface area contributed by atoms with Crippen LogP contribution in [0.4, 0.5) is 0 Å². The van der Waals surface area contributed by atoms with E-state index in [0.29, 0.717) is 18.1 Å². The Labute approximate surface area is 87.8 Å². The van der Waals surface area contributed by atoms with E-state index in [4.69, 9.17) is 16.3 Å². The Balaban J connectivity index is 2.28. The normalized spacial score (nSPS) is 18.9. The fourth-order valence-electron chi connectivity index (χ4n) is 1.77. The van der Waals surface area contributed by atoms with Crippen molar-refractivity contribution in [2.45, 2.75) is 19.3 Å². The summed E-state index contributed by atoms with van der Waals surface area (Å²) in [6, 6.07) is 5.55. The summed E-state index contributed by atoms with van der Waals surface area (Å²) in [6.45, 7) is 2.19. The van der Waals surface area contributed by atoms with Crippen LogP contribution < -0.4 is 4.74 Å². The minimum atomic E-state index is 0.182. The van der Waals surface area contributed by atoms with E-state index < -0.39 is 0 Å². The zero-order chi connectivity index (χ0) is 10.1. The molecule has 1 aliphatic heterocycles. The van der Waals surface area contributed by atoms with Gasteiger partial charge in [0.25, 0.3) is 0 Å². The zero-order valence-electron chi connectivity index (χ0n) is 7.92. The Bertz CT molecular complexity index is 374. The summed E-state index contributed by atoms with van der Waals surface area (Å²) in [5.74, 6) is 1.23. The average molecular weight is 211 g/mol. The number of hydrogen-bond acceptors (Lipinski definition) is 2. The lowest BCUT2D eigenvalue weighted by Gasteiger charge is -2.05. The first kappa shape index (κ1) is 9.53. The van der Waals surface area contributed by atoms with Crippen molar-refractivity contribution in [3.8, 4) is 5.75 Å². The second-order valence-electron chi connectivity index (χ2n) is 3.60. The minimum absolute atomic E-state index is 0.182. The first-order valence-corrected chi connectivity index (χ1v) is 4.96. The molecule has 0 bridgehead atoms. The van der Waals surface area contributed by atoms with E-state index in [-0.39, 0.29) is 11.7 Å². The van der Waals surface area contributed by atoms with Gasteiger partial charge in [0.15, 0.2) is 0 Å². The molecule has 0 N–H and O–H groups in total. The number of benzene rings is 1. The van der Waals surface area contributed by atoms with Gasteiger partial charge in [0.05, 0.1) is 6.61 Å². The van der Waals surface area contributed by atoms with E-state index in [1.165, 1.54) is 0 Å². The van der Waals surface area contributed by atoms with Crippen molar-refractivity contribution in [1.82, 2.24) is 0 Å². The Morgan fingerprint density at radius 2 is 2.43 bits per heavy atom. The molecule has 0 aromatic heterocycles.